The van der Waals surface area contributed by atoms with E-state index in [4.69, 9.17) is 9.72 Å². The normalized spacial score (nSPS) is 19.9. The van der Waals surface area contributed by atoms with Crippen LogP contribution in [0.25, 0.3) is 11.3 Å². The predicted molar refractivity (Wildman–Crippen MR) is 106 cm³/mol. The van der Waals surface area contributed by atoms with Crippen molar-refractivity contribution in [2.75, 3.05) is 32.1 Å². The van der Waals surface area contributed by atoms with Gasteiger partial charge >= 0.3 is 0 Å². The molecule has 140 valence electrons. The monoisotopic (exact) mass is 373 g/mol. The van der Waals surface area contributed by atoms with Crippen LogP contribution in [0.5, 0.6) is 0 Å². The molecule has 26 heavy (non-hydrogen) atoms. The molecule has 0 atom stereocenters. The Morgan fingerprint density at radius 1 is 1.27 bits per heavy atom. The van der Waals surface area contributed by atoms with Gasteiger partial charge in [-0.05, 0) is 31.6 Å². The Labute approximate surface area is 159 Å². The zero-order valence-corrected chi connectivity index (χ0v) is 16.1. The van der Waals surface area contributed by atoms with Gasteiger partial charge in [0, 0.05) is 37.2 Å². The highest BCUT2D eigenvalue weighted by molar-refractivity contribution is 7.14. The number of carbonyl (C=O) groups excluding carboxylic acids is 1. The average Bonchev–Trinajstić information content (AvgIpc) is 3.18. The Hall–Kier alpha value is -1.92. The molecule has 0 bridgehead atoms. The van der Waals surface area contributed by atoms with E-state index in [1.165, 1.54) is 0 Å². The van der Waals surface area contributed by atoms with E-state index in [1.54, 1.807) is 18.4 Å². The van der Waals surface area contributed by atoms with Gasteiger partial charge in [0.2, 0.25) is 6.41 Å². The van der Waals surface area contributed by atoms with Gasteiger partial charge in [0.25, 0.3) is 0 Å². The molecule has 1 aromatic heterocycles. The third-order valence-electron chi connectivity index (χ3n) is 5.09. The molecule has 1 saturated carbocycles. The highest BCUT2D eigenvalue weighted by atomic mass is 32.1. The summed E-state index contributed by atoms with van der Waals surface area (Å²) in [7, 11) is 1.67. The second-order valence-corrected chi connectivity index (χ2v) is 7.65. The van der Waals surface area contributed by atoms with Crippen LogP contribution in [0.2, 0.25) is 0 Å². The summed E-state index contributed by atoms with van der Waals surface area (Å²) in [5.41, 5.74) is 2.18. The molecule has 1 aromatic carbocycles. The van der Waals surface area contributed by atoms with E-state index in [0.717, 1.165) is 55.0 Å². The molecule has 0 spiro atoms. The number of thiazole rings is 1. The van der Waals surface area contributed by atoms with Crippen LogP contribution in [0.4, 0.5) is 5.13 Å². The van der Waals surface area contributed by atoms with E-state index in [9.17, 15) is 4.79 Å². The summed E-state index contributed by atoms with van der Waals surface area (Å²) < 4.78 is 5.09. The lowest BCUT2D eigenvalue weighted by molar-refractivity contribution is -0.121. The van der Waals surface area contributed by atoms with E-state index in [-0.39, 0.29) is 0 Å². The van der Waals surface area contributed by atoms with Gasteiger partial charge in [0.15, 0.2) is 5.13 Å². The minimum atomic E-state index is 0.364. The number of carbonyl (C=O) groups is 1. The number of hydrogen-bond donors (Lipinski definition) is 1. The number of methoxy groups -OCH3 is 1. The fourth-order valence-corrected chi connectivity index (χ4v) is 4.26. The third-order valence-corrected chi connectivity index (χ3v) is 5.89. The van der Waals surface area contributed by atoms with Crippen molar-refractivity contribution in [1.82, 2.24) is 9.88 Å². The number of nitrogens with one attached hydrogen (secondary N) is 1. The lowest BCUT2D eigenvalue weighted by atomic mass is 9.85. The molecule has 1 amide bonds. The van der Waals surface area contributed by atoms with Crippen molar-refractivity contribution >= 4 is 22.9 Å². The van der Waals surface area contributed by atoms with Gasteiger partial charge in [-0.1, -0.05) is 30.3 Å². The van der Waals surface area contributed by atoms with Crippen LogP contribution in [-0.2, 0) is 9.53 Å². The summed E-state index contributed by atoms with van der Waals surface area (Å²) in [5.74, 6) is 0.645. The third kappa shape index (κ3) is 5.05. The van der Waals surface area contributed by atoms with Crippen LogP contribution in [0, 0.1) is 5.92 Å². The van der Waals surface area contributed by atoms with Gasteiger partial charge < -0.3 is 15.0 Å². The first-order valence-corrected chi connectivity index (χ1v) is 10.1. The highest BCUT2D eigenvalue weighted by Crippen LogP contribution is 2.29. The molecular formula is C20H27N3O2S. The second-order valence-electron chi connectivity index (χ2n) is 6.80. The summed E-state index contributed by atoms with van der Waals surface area (Å²) in [6.45, 7) is 2.25. The molecule has 1 N–H and O–H groups in total. The maximum Gasteiger partial charge on any atom is 0.210 e. The first kappa shape index (κ1) is 18.9. The maximum atomic E-state index is 11.3. The van der Waals surface area contributed by atoms with Crippen molar-refractivity contribution < 1.29 is 9.53 Å². The van der Waals surface area contributed by atoms with Gasteiger partial charge in [-0.25, -0.2) is 4.98 Å². The Bertz CT molecular complexity index is 669. The van der Waals surface area contributed by atoms with Gasteiger partial charge in [-0.3, -0.25) is 4.79 Å². The van der Waals surface area contributed by atoms with Crippen molar-refractivity contribution in [2.24, 2.45) is 5.92 Å². The molecule has 2 aromatic rings. The van der Waals surface area contributed by atoms with Gasteiger partial charge in [0.05, 0.1) is 12.3 Å². The number of benzene rings is 1. The lowest BCUT2D eigenvalue weighted by Crippen LogP contribution is -2.39. The van der Waals surface area contributed by atoms with Crippen LogP contribution >= 0.6 is 11.3 Å². The molecule has 0 radical (unpaired) electrons. The minimum absolute atomic E-state index is 0.364. The molecule has 1 aliphatic carbocycles. The molecule has 1 fully saturated rings. The zero-order chi connectivity index (χ0) is 18.2. The first-order chi connectivity index (χ1) is 12.8. The van der Waals surface area contributed by atoms with Crippen LogP contribution in [-0.4, -0.2) is 49.1 Å². The Morgan fingerprint density at radius 3 is 2.73 bits per heavy atom. The molecule has 0 saturated heterocycles. The highest BCUT2D eigenvalue weighted by Gasteiger charge is 2.25. The molecule has 5 nitrogen and oxygen atoms in total. The summed E-state index contributed by atoms with van der Waals surface area (Å²) in [4.78, 5) is 17.9. The average molecular weight is 374 g/mol. The fourth-order valence-electron chi connectivity index (χ4n) is 3.53. The standard InChI is InChI=1S/C20H27N3O2S/c1-25-12-11-23(15-24)18-9-7-16(8-10-18)13-21-20-22-19(14-26-20)17-5-3-2-4-6-17/h2-6,14-16,18H,7-13H2,1H3,(H,21,22)/t16-,18-. The van der Waals surface area contributed by atoms with E-state index < -0.39 is 0 Å². The molecular weight excluding hydrogens is 346 g/mol. The molecule has 1 heterocycles. The topological polar surface area (TPSA) is 54.5 Å². The number of ether oxygens (including phenoxy) is 1. The van der Waals surface area contributed by atoms with Crippen molar-refractivity contribution in [1.29, 1.82) is 0 Å². The van der Waals surface area contributed by atoms with Crippen LogP contribution in [0.15, 0.2) is 35.7 Å². The van der Waals surface area contributed by atoms with Crippen LogP contribution in [0.3, 0.4) is 0 Å². The van der Waals surface area contributed by atoms with E-state index in [1.807, 2.05) is 23.1 Å². The number of anilines is 1. The van der Waals surface area contributed by atoms with Crippen molar-refractivity contribution in [2.45, 2.75) is 31.7 Å². The Balaban J connectivity index is 1.44. The minimum Gasteiger partial charge on any atom is -0.383 e. The van der Waals surface area contributed by atoms with Gasteiger partial charge in [-0.2, -0.15) is 0 Å². The summed E-state index contributed by atoms with van der Waals surface area (Å²) in [6, 6.07) is 10.6. The van der Waals surface area contributed by atoms with Gasteiger partial charge in [0.1, 0.15) is 0 Å². The van der Waals surface area contributed by atoms with Crippen LogP contribution < -0.4 is 5.32 Å². The molecule has 0 unspecified atom stereocenters. The quantitative estimate of drug-likeness (QED) is 0.678. The molecule has 3 rings (SSSR count). The first-order valence-electron chi connectivity index (χ1n) is 9.25. The lowest BCUT2D eigenvalue weighted by Gasteiger charge is -2.34. The number of rotatable bonds is 9. The SMILES string of the molecule is COCCN(C=O)[C@H]1CC[C@H](CNc2nc(-c3ccccc3)cs2)CC1. The fraction of sp³-hybridized carbons (Fsp3) is 0.500. The largest absolute Gasteiger partial charge is 0.383 e. The van der Waals surface area contributed by atoms with E-state index in [0.29, 0.717) is 25.1 Å². The summed E-state index contributed by atoms with van der Waals surface area (Å²) >= 11 is 1.66. The molecule has 0 aliphatic heterocycles. The zero-order valence-electron chi connectivity index (χ0n) is 15.3. The smallest absolute Gasteiger partial charge is 0.210 e. The predicted octanol–water partition coefficient (Wildman–Crippen LogP) is 3.89. The van der Waals surface area contributed by atoms with Crippen molar-refractivity contribution in [3.63, 3.8) is 0 Å². The summed E-state index contributed by atoms with van der Waals surface area (Å²) in [5, 5.41) is 6.59. The second kappa shape index (κ2) is 9.69. The van der Waals surface area contributed by atoms with E-state index in [2.05, 4.69) is 22.8 Å². The molecule has 6 heteroatoms. The van der Waals surface area contributed by atoms with Crippen molar-refractivity contribution in [3.8, 4) is 11.3 Å². The summed E-state index contributed by atoms with van der Waals surface area (Å²) in [6.07, 6.45) is 5.41. The number of nitrogens with zero attached hydrogens (tertiary/aromatic N) is 2. The maximum absolute atomic E-state index is 11.3. The van der Waals surface area contributed by atoms with Gasteiger partial charge in [-0.15, -0.1) is 11.3 Å². The number of amides is 1. The van der Waals surface area contributed by atoms with Crippen molar-refractivity contribution in [3.05, 3.63) is 35.7 Å². The van der Waals surface area contributed by atoms with Crippen LogP contribution in [0.1, 0.15) is 25.7 Å². The Morgan fingerprint density at radius 2 is 2.04 bits per heavy atom. The number of aromatic nitrogens is 1. The molecule has 1 aliphatic rings. The Kier molecular flexibility index (Phi) is 7.03. The number of hydrogen-bond acceptors (Lipinski definition) is 5. The van der Waals surface area contributed by atoms with E-state index >= 15 is 0 Å².